The molecular formula is C20H21ClF3N3O. The molecule has 1 aliphatic rings. The number of benzene rings is 1. The van der Waals surface area contributed by atoms with Crippen LogP contribution in [0.4, 0.5) is 13.2 Å². The number of alkyl halides is 3. The van der Waals surface area contributed by atoms with E-state index in [-0.39, 0.29) is 17.0 Å². The number of halogens is 4. The molecule has 0 unspecified atom stereocenters. The summed E-state index contributed by atoms with van der Waals surface area (Å²) in [4.78, 5) is 15.7. The Hall–Kier alpha value is -2.12. The Morgan fingerprint density at radius 2 is 1.96 bits per heavy atom. The van der Waals surface area contributed by atoms with Crippen molar-refractivity contribution in [2.24, 2.45) is 5.73 Å². The van der Waals surface area contributed by atoms with E-state index in [4.69, 9.17) is 17.3 Å². The van der Waals surface area contributed by atoms with E-state index < -0.39 is 17.8 Å². The summed E-state index contributed by atoms with van der Waals surface area (Å²) in [5.74, 6) is -0.422. The van der Waals surface area contributed by atoms with E-state index in [1.807, 2.05) is 24.3 Å². The van der Waals surface area contributed by atoms with Crippen molar-refractivity contribution in [2.45, 2.75) is 43.3 Å². The van der Waals surface area contributed by atoms with Crippen LogP contribution in [-0.2, 0) is 11.6 Å². The molecule has 4 nitrogen and oxygen atoms in total. The smallest absolute Gasteiger partial charge is 0.349 e. The van der Waals surface area contributed by atoms with Gasteiger partial charge in [-0.1, -0.05) is 23.7 Å². The fourth-order valence-electron chi connectivity index (χ4n) is 3.71. The van der Waals surface area contributed by atoms with Gasteiger partial charge in [0.05, 0.1) is 5.56 Å². The summed E-state index contributed by atoms with van der Waals surface area (Å²) >= 11 is 6.11. The molecule has 28 heavy (non-hydrogen) atoms. The van der Waals surface area contributed by atoms with Crippen molar-refractivity contribution in [3.05, 3.63) is 64.4 Å². The van der Waals surface area contributed by atoms with Crippen LogP contribution in [0, 0.1) is 0 Å². The van der Waals surface area contributed by atoms with Gasteiger partial charge in [-0.3, -0.25) is 9.78 Å². The number of nitrogens with zero attached hydrogens (tertiary/aromatic N) is 1. The lowest BCUT2D eigenvalue weighted by molar-refractivity contribution is -0.141. The second kappa shape index (κ2) is 8.09. The van der Waals surface area contributed by atoms with Gasteiger partial charge in [-0.25, -0.2) is 0 Å². The van der Waals surface area contributed by atoms with Gasteiger partial charge in [-0.15, -0.1) is 0 Å². The molecule has 1 saturated carbocycles. The van der Waals surface area contributed by atoms with E-state index in [2.05, 4.69) is 10.3 Å². The highest BCUT2D eigenvalue weighted by Gasteiger charge is 2.36. The lowest BCUT2D eigenvalue weighted by Gasteiger charge is -2.40. The monoisotopic (exact) mass is 411 g/mol. The average Bonchev–Trinajstić information content (AvgIpc) is 2.68. The van der Waals surface area contributed by atoms with Gasteiger partial charge < -0.3 is 11.1 Å². The number of hydrogen-bond acceptors (Lipinski definition) is 3. The Kier molecular flexibility index (Phi) is 5.95. The minimum atomic E-state index is -4.52. The van der Waals surface area contributed by atoms with Crippen molar-refractivity contribution in [2.75, 3.05) is 6.54 Å². The predicted molar refractivity (Wildman–Crippen MR) is 101 cm³/mol. The summed E-state index contributed by atoms with van der Waals surface area (Å²) in [7, 11) is 0. The molecule has 1 amide bonds. The molecule has 8 heteroatoms. The Labute approximate surface area is 166 Å². The van der Waals surface area contributed by atoms with E-state index in [0.717, 1.165) is 49.6 Å². The van der Waals surface area contributed by atoms with E-state index in [1.54, 1.807) is 0 Å². The Balaban J connectivity index is 1.62. The van der Waals surface area contributed by atoms with Crippen LogP contribution in [0.3, 0.4) is 0 Å². The van der Waals surface area contributed by atoms with E-state index in [0.29, 0.717) is 11.6 Å². The maximum absolute atomic E-state index is 12.6. The molecule has 0 saturated heterocycles. The number of rotatable bonds is 4. The number of nitrogens with two attached hydrogens (primary N) is 1. The molecule has 3 N–H and O–H groups in total. The molecule has 0 spiro atoms. The second-order valence-electron chi connectivity index (χ2n) is 7.17. The van der Waals surface area contributed by atoms with Crippen molar-refractivity contribution in [1.82, 2.24) is 10.3 Å². The topological polar surface area (TPSA) is 68.0 Å². The number of aromatic nitrogens is 1. The zero-order chi connectivity index (χ0) is 20.4. The van der Waals surface area contributed by atoms with Crippen LogP contribution in [0.15, 0.2) is 42.6 Å². The van der Waals surface area contributed by atoms with Gasteiger partial charge in [0, 0.05) is 29.2 Å². The standard InChI is InChI=1S/C20H21ClF3N3O/c21-15-3-1-2-14(10-15)19(12-25)8-6-16(7-9-19)27-18(28)13-4-5-17(26-11-13)20(22,23)24/h1-5,10-11,16H,6-9,12,25H2,(H,27,28). The van der Waals surface area contributed by atoms with Crippen LogP contribution in [-0.4, -0.2) is 23.5 Å². The van der Waals surface area contributed by atoms with E-state index in [1.165, 1.54) is 0 Å². The Bertz CT molecular complexity index is 831. The van der Waals surface area contributed by atoms with Crippen LogP contribution in [0.5, 0.6) is 0 Å². The molecule has 1 aromatic carbocycles. The predicted octanol–water partition coefficient (Wildman–Crippen LogP) is 4.32. The number of carbonyl (C=O) groups excluding carboxylic acids is 1. The molecule has 1 aliphatic carbocycles. The molecule has 0 bridgehead atoms. The molecule has 0 atom stereocenters. The molecule has 1 fully saturated rings. The highest BCUT2D eigenvalue weighted by molar-refractivity contribution is 6.30. The maximum Gasteiger partial charge on any atom is 0.433 e. The first-order valence-electron chi connectivity index (χ1n) is 9.04. The Morgan fingerprint density at radius 3 is 2.50 bits per heavy atom. The van der Waals surface area contributed by atoms with Gasteiger partial charge in [0.25, 0.3) is 5.91 Å². The van der Waals surface area contributed by atoms with E-state index in [9.17, 15) is 18.0 Å². The van der Waals surface area contributed by atoms with Crippen molar-refractivity contribution in [3.63, 3.8) is 0 Å². The number of carbonyl (C=O) groups is 1. The first kappa shape index (κ1) is 20.6. The summed E-state index contributed by atoms with van der Waals surface area (Å²) in [6, 6.07) is 9.57. The fraction of sp³-hybridized carbons (Fsp3) is 0.400. The Morgan fingerprint density at radius 1 is 1.25 bits per heavy atom. The van der Waals surface area contributed by atoms with Crippen molar-refractivity contribution >= 4 is 17.5 Å². The second-order valence-corrected chi connectivity index (χ2v) is 7.61. The van der Waals surface area contributed by atoms with Gasteiger partial charge >= 0.3 is 6.18 Å². The molecule has 2 aromatic rings. The van der Waals surface area contributed by atoms with Crippen LogP contribution in [0.25, 0.3) is 0 Å². The van der Waals surface area contributed by atoms with Gasteiger partial charge in [-0.05, 0) is 55.5 Å². The molecule has 1 heterocycles. The van der Waals surface area contributed by atoms with Gasteiger partial charge in [-0.2, -0.15) is 13.2 Å². The highest BCUT2D eigenvalue weighted by atomic mass is 35.5. The quantitative estimate of drug-likeness (QED) is 0.787. The van der Waals surface area contributed by atoms with Crippen LogP contribution >= 0.6 is 11.6 Å². The van der Waals surface area contributed by atoms with Crippen LogP contribution in [0.2, 0.25) is 5.02 Å². The van der Waals surface area contributed by atoms with Crippen molar-refractivity contribution < 1.29 is 18.0 Å². The first-order valence-corrected chi connectivity index (χ1v) is 9.41. The third kappa shape index (κ3) is 4.47. The minimum Gasteiger partial charge on any atom is -0.349 e. The maximum atomic E-state index is 12.6. The van der Waals surface area contributed by atoms with Crippen LogP contribution < -0.4 is 11.1 Å². The lowest BCUT2D eigenvalue weighted by atomic mass is 9.68. The SMILES string of the molecule is NCC1(c2cccc(Cl)c2)CCC(NC(=O)c2ccc(C(F)(F)F)nc2)CC1. The number of amides is 1. The van der Waals surface area contributed by atoms with Crippen molar-refractivity contribution in [1.29, 1.82) is 0 Å². The summed E-state index contributed by atoms with van der Waals surface area (Å²) in [6.07, 6.45) is -0.533. The largest absolute Gasteiger partial charge is 0.433 e. The number of pyridine rings is 1. The molecule has 0 aliphatic heterocycles. The summed E-state index contributed by atoms with van der Waals surface area (Å²) in [6.45, 7) is 0.483. The summed E-state index contributed by atoms with van der Waals surface area (Å²) in [5.41, 5.74) is 6.09. The number of hydrogen-bond donors (Lipinski definition) is 2. The summed E-state index contributed by atoms with van der Waals surface area (Å²) in [5, 5.41) is 3.55. The van der Waals surface area contributed by atoms with E-state index >= 15 is 0 Å². The highest BCUT2D eigenvalue weighted by Crippen LogP contribution is 2.39. The zero-order valence-electron chi connectivity index (χ0n) is 15.1. The third-order valence-electron chi connectivity index (χ3n) is 5.42. The average molecular weight is 412 g/mol. The molecular weight excluding hydrogens is 391 g/mol. The zero-order valence-corrected chi connectivity index (χ0v) is 15.9. The van der Waals surface area contributed by atoms with Crippen LogP contribution in [0.1, 0.15) is 47.3 Å². The first-order chi connectivity index (χ1) is 13.2. The minimum absolute atomic E-state index is 0.0614. The van der Waals surface area contributed by atoms with Gasteiger partial charge in [0.1, 0.15) is 5.69 Å². The fourth-order valence-corrected chi connectivity index (χ4v) is 3.90. The van der Waals surface area contributed by atoms with Gasteiger partial charge in [0.2, 0.25) is 0 Å². The van der Waals surface area contributed by atoms with Crippen molar-refractivity contribution in [3.8, 4) is 0 Å². The molecule has 150 valence electrons. The normalized spacial score (nSPS) is 22.7. The summed E-state index contributed by atoms with van der Waals surface area (Å²) < 4.78 is 37.7. The van der Waals surface area contributed by atoms with Gasteiger partial charge in [0.15, 0.2) is 0 Å². The number of nitrogens with one attached hydrogen (secondary N) is 1. The third-order valence-corrected chi connectivity index (χ3v) is 5.66. The molecule has 1 aromatic heterocycles. The lowest BCUT2D eigenvalue weighted by Crippen LogP contribution is -2.45. The molecule has 3 rings (SSSR count). The molecule has 0 radical (unpaired) electrons.